The first-order chi connectivity index (χ1) is 16.1. The van der Waals surface area contributed by atoms with Crippen LogP contribution < -0.4 is 9.80 Å². The van der Waals surface area contributed by atoms with Gasteiger partial charge in [-0.2, -0.15) is 5.26 Å². The average Bonchev–Trinajstić information content (AvgIpc) is 3.39. The molecule has 1 unspecified atom stereocenters. The Bertz CT molecular complexity index is 1180. The molecule has 7 nitrogen and oxygen atoms in total. The molecular formula is C26H29N7. The topological polar surface area (TPSA) is 81.8 Å². The summed E-state index contributed by atoms with van der Waals surface area (Å²) in [5, 5.41) is 9.80. The molecule has 0 aliphatic carbocycles. The first-order valence-electron chi connectivity index (χ1n) is 11.8. The van der Waals surface area contributed by atoms with Gasteiger partial charge in [0.15, 0.2) is 0 Å². The van der Waals surface area contributed by atoms with Crippen LogP contribution in [0.1, 0.15) is 54.1 Å². The average molecular weight is 440 g/mol. The summed E-state index contributed by atoms with van der Waals surface area (Å²) in [6, 6.07) is 8.40. The summed E-state index contributed by atoms with van der Waals surface area (Å²) in [6.45, 7) is 7.69. The second-order valence-corrected chi connectivity index (χ2v) is 9.08. The first kappa shape index (κ1) is 21.3. The summed E-state index contributed by atoms with van der Waals surface area (Å²) >= 11 is 0. The van der Waals surface area contributed by atoms with E-state index < -0.39 is 0 Å². The minimum atomic E-state index is 0.229. The van der Waals surface area contributed by atoms with Crippen molar-refractivity contribution in [3.63, 3.8) is 0 Å². The van der Waals surface area contributed by atoms with Crippen LogP contribution in [0, 0.1) is 25.2 Å². The van der Waals surface area contributed by atoms with Crippen LogP contribution in [0.15, 0.2) is 36.8 Å². The lowest BCUT2D eigenvalue weighted by Gasteiger charge is -2.35. The number of nitrogens with zero attached hydrogens (tertiary/aromatic N) is 7. The van der Waals surface area contributed by atoms with E-state index >= 15 is 0 Å². The van der Waals surface area contributed by atoms with Crippen molar-refractivity contribution in [2.45, 2.75) is 45.4 Å². The summed E-state index contributed by atoms with van der Waals surface area (Å²) in [7, 11) is 0. The second kappa shape index (κ2) is 9.14. The maximum Gasteiger partial charge on any atom is 0.225 e. The fraction of sp³-hybridized carbons (Fsp3) is 0.423. The van der Waals surface area contributed by atoms with Gasteiger partial charge in [-0.15, -0.1) is 0 Å². The number of hydrogen-bond donors (Lipinski definition) is 0. The highest BCUT2D eigenvalue weighted by Crippen LogP contribution is 2.36. The zero-order valence-corrected chi connectivity index (χ0v) is 19.3. The third kappa shape index (κ3) is 4.25. The minimum Gasteiger partial charge on any atom is -0.355 e. The van der Waals surface area contributed by atoms with Gasteiger partial charge in [-0.1, -0.05) is 6.07 Å². The van der Waals surface area contributed by atoms with Crippen LogP contribution in [0.4, 0.5) is 11.8 Å². The van der Waals surface area contributed by atoms with E-state index in [1.807, 2.05) is 38.4 Å². The minimum absolute atomic E-state index is 0.229. The lowest BCUT2D eigenvalue weighted by atomic mass is 9.90. The van der Waals surface area contributed by atoms with Crippen LogP contribution >= 0.6 is 0 Å². The van der Waals surface area contributed by atoms with Gasteiger partial charge in [0.05, 0.1) is 11.3 Å². The Hall–Kier alpha value is -3.53. The maximum absolute atomic E-state index is 9.80. The van der Waals surface area contributed by atoms with Crippen molar-refractivity contribution in [2.24, 2.45) is 0 Å². The summed E-state index contributed by atoms with van der Waals surface area (Å²) in [5.41, 5.74) is 5.77. The number of aryl methyl sites for hydroxylation is 2. The number of rotatable bonds is 4. The molecule has 0 saturated carbocycles. The second-order valence-electron chi connectivity index (χ2n) is 9.08. The van der Waals surface area contributed by atoms with Gasteiger partial charge in [-0.25, -0.2) is 15.0 Å². The summed E-state index contributed by atoms with van der Waals surface area (Å²) in [5.74, 6) is 1.86. The Morgan fingerprint density at radius 3 is 2.61 bits per heavy atom. The maximum atomic E-state index is 9.80. The molecule has 7 heteroatoms. The molecule has 0 spiro atoms. The van der Waals surface area contributed by atoms with Gasteiger partial charge in [-0.05, 0) is 57.2 Å². The fourth-order valence-corrected chi connectivity index (χ4v) is 5.09. The quantitative estimate of drug-likeness (QED) is 0.596. The first-order valence-corrected chi connectivity index (χ1v) is 11.8. The van der Waals surface area contributed by atoms with Gasteiger partial charge in [0.25, 0.3) is 0 Å². The third-order valence-corrected chi connectivity index (χ3v) is 6.71. The Kier molecular flexibility index (Phi) is 5.91. The molecule has 0 N–H and O–H groups in total. The highest BCUT2D eigenvalue weighted by atomic mass is 15.3. The van der Waals surface area contributed by atoms with Crippen LogP contribution in [-0.4, -0.2) is 46.1 Å². The summed E-state index contributed by atoms with van der Waals surface area (Å²) in [4.78, 5) is 23.5. The zero-order chi connectivity index (χ0) is 22.8. The molecule has 2 aliphatic rings. The van der Waals surface area contributed by atoms with Crippen molar-refractivity contribution >= 4 is 11.8 Å². The molecule has 2 fully saturated rings. The predicted molar refractivity (Wildman–Crippen MR) is 129 cm³/mol. The number of piperidine rings is 1. The van der Waals surface area contributed by atoms with Gasteiger partial charge >= 0.3 is 0 Å². The fourth-order valence-electron chi connectivity index (χ4n) is 5.09. The van der Waals surface area contributed by atoms with E-state index in [4.69, 9.17) is 15.0 Å². The summed E-state index contributed by atoms with van der Waals surface area (Å²) < 4.78 is 0. The van der Waals surface area contributed by atoms with Crippen molar-refractivity contribution in [1.29, 1.82) is 5.26 Å². The van der Waals surface area contributed by atoms with Crippen molar-refractivity contribution in [3.05, 3.63) is 59.3 Å². The lowest BCUT2D eigenvalue weighted by molar-refractivity contribution is 0.498. The molecule has 3 aromatic heterocycles. The van der Waals surface area contributed by atoms with E-state index in [0.717, 1.165) is 78.9 Å². The molecule has 2 aliphatic heterocycles. The number of aromatic nitrogens is 4. The zero-order valence-electron chi connectivity index (χ0n) is 19.3. The normalized spacial score (nSPS) is 18.4. The Labute approximate surface area is 195 Å². The molecule has 0 amide bonds. The summed E-state index contributed by atoms with van der Waals surface area (Å²) in [6.07, 6.45) is 10.1. The van der Waals surface area contributed by atoms with Crippen LogP contribution in [0.5, 0.6) is 0 Å². The van der Waals surface area contributed by atoms with E-state index in [1.165, 1.54) is 12.8 Å². The Morgan fingerprint density at radius 1 is 1.03 bits per heavy atom. The van der Waals surface area contributed by atoms with E-state index in [1.54, 1.807) is 6.20 Å². The van der Waals surface area contributed by atoms with Gasteiger partial charge in [0, 0.05) is 67.5 Å². The molecule has 168 valence electrons. The third-order valence-electron chi connectivity index (χ3n) is 6.71. The van der Waals surface area contributed by atoms with Crippen LogP contribution in [0.25, 0.3) is 11.1 Å². The Morgan fingerprint density at radius 2 is 1.85 bits per heavy atom. The predicted octanol–water partition coefficient (Wildman–Crippen LogP) is 4.41. The van der Waals surface area contributed by atoms with Crippen molar-refractivity contribution in [2.75, 3.05) is 36.0 Å². The molecule has 5 heterocycles. The molecule has 3 aromatic rings. The number of hydrogen-bond acceptors (Lipinski definition) is 7. The van der Waals surface area contributed by atoms with Crippen molar-refractivity contribution in [3.8, 4) is 17.2 Å². The van der Waals surface area contributed by atoms with E-state index in [2.05, 4.69) is 26.9 Å². The van der Waals surface area contributed by atoms with E-state index in [-0.39, 0.29) is 5.92 Å². The molecule has 5 rings (SSSR count). The van der Waals surface area contributed by atoms with Crippen molar-refractivity contribution < 1.29 is 0 Å². The highest BCUT2D eigenvalue weighted by Gasteiger charge is 2.29. The van der Waals surface area contributed by atoms with E-state index in [9.17, 15) is 5.26 Å². The number of anilines is 2. The van der Waals surface area contributed by atoms with Crippen LogP contribution in [0.2, 0.25) is 0 Å². The molecular weight excluding hydrogens is 410 g/mol. The Balaban J connectivity index is 1.54. The molecule has 33 heavy (non-hydrogen) atoms. The van der Waals surface area contributed by atoms with Crippen molar-refractivity contribution in [1.82, 2.24) is 19.9 Å². The van der Waals surface area contributed by atoms with E-state index in [0.29, 0.717) is 5.56 Å². The van der Waals surface area contributed by atoms with Crippen LogP contribution in [0.3, 0.4) is 0 Å². The monoisotopic (exact) mass is 439 g/mol. The molecule has 1 atom stereocenters. The lowest BCUT2D eigenvalue weighted by Crippen LogP contribution is -2.36. The number of pyridine rings is 2. The largest absolute Gasteiger partial charge is 0.355 e. The van der Waals surface area contributed by atoms with Crippen LogP contribution in [-0.2, 0) is 0 Å². The SMILES string of the molecule is Cc1cc(C)c(C#N)c(N2CCCC(c3nc(N4CCCC4)ncc3-c3cccnc3)C2)n1. The molecule has 2 saturated heterocycles. The van der Waals surface area contributed by atoms with Gasteiger partial charge in [-0.3, -0.25) is 4.98 Å². The van der Waals surface area contributed by atoms with Gasteiger partial charge in [0.2, 0.25) is 5.95 Å². The van der Waals surface area contributed by atoms with Gasteiger partial charge in [0.1, 0.15) is 11.9 Å². The number of nitriles is 1. The highest BCUT2D eigenvalue weighted by molar-refractivity contribution is 5.66. The molecule has 0 radical (unpaired) electrons. The van der Waals surface area contributed by atoms with Gasteiger partial charge < -0.3 is 9.80 Å². The smallest absolute Gasteiger partial charge is 0.225 e. The molecule has 0 bridgehead atoms. The molecule has 0 aromatic carbocycles. The standard InChI is InChI=1S/C26H29N7/c1-18-13-19(2)30-25(22(18)14-27)33-12-6-8-21(17-33)24-23(20-7-5-9-28-15-20)16-29-26(31-24)32-10-3-4-11-32/h5,7,9,13,15-16,21H,3-4,6,8,10-12,17H2,1-2H3.